The van der Waals surface area contributed by atoms with E-state index in [4.69, 9.17) is 4.74 Å². The van der Waals surface area contributed by atoms with Gasteiger partial charge in [-0.2, -0.15) is 0 Å². The Morgan fingerprint density at radius 2 is 2.33 bits per heavy atom. The fraction of sp³-hybridized carbons (Fsp3) is 0.667. The lowest BCUT2D eigenvalue weighted by molar-refractivity contribution is -0.121. The average Bonchev–Trinajstić information content (AvgIpc) is 3.08. The van der Waals surface area contributed by atoms with E-state index in [9.17, 15) is 4.79 Å². The summed E-state index contributed by atoms with van der Waals surface area (Å²) >= 11 is 0. The van der Waals surface area contributed by atoms with Crippen molar-refractivity contribution >= 4 is 5.91 Å². The van der Waals surface area contributed by atoms with E-state index < -0.39 is 0 Å². The maximum atomic E-state index is 11.5. The van der Waals surface area contributed by atoms with Crippen LogP contribution in [-0.4, -0.2) is 19.1 Å². The lowest BCUT2D eigenvalue weighted by Gasteiger charge is -2.22. The minimum absolute atomic E-state index is 0.200. The molecule has 0 spiro atoms. The van der Waals surface area contributed by atoms with Gasteiger partial charge in [0.25, 0.3) is 0 Å². The van der Waals surface area contributed by atoms with Crippen molar-refractivity contribution in [3.63, 3.8) is 0 Å². The second kappa shape index (κ2) is 5.59. The first-order valence-corrected chi connectivity index (χ1v) is 6.89. The van der Waals surface area contributed by atoms with E-state index in [0.717, 1.165) is 18.6 Å². The van der Waals surface area contributed by atoms with Gasteiger partial charge in [-0.15, -0.1) is 0 Å². The summed E-state index contributed by atoms with van der Waals surface area (Å²) < 4.78 is 5.24. The summed E-state index contributed by atoms with van der Waals surface area (Å²) in [5.41, 5.74) is 0. The number of carbonyl (C=O) groups is 1. The molecule has 4 unspecified atom stereocenters. The first-order chi connectivity index (χ1) is 8.65. The highest BCUT2D eigenvalue weighted by atomic mass is 16.5. The second-order valence-electron chi connectivity index (χ2n) is 5.39. The summed E-state index contributed by atoms with van der Waals surface area (Å²) in [7, 11) is 1.70. The molecule has 0 radical (unpaired) electrons. The Bertz CT molecular complexity index is 373. The number of rotatable bonds is 5. The predicted molar refractivity (Wildman–Crippen MR) is 71.8 cm³/mol. The van der Waals surface area contributed by atoms with Crippen molar-refractivity contribution in [2.24, 2.45) is 17.8 Å². The zero-order valence-corrected chi connectivity index (χ0v) is 11.5. The Labute approximate surface area is 109 Å². The summed E-state index contributed by atoms with van der Waals surface area (Å²) in [5, 5.41) is 3.12. The van der Waals surface area contributed by atoms with Gasteiger partial charge in [0.05, 0.1) is 7.11 Å². The third kappa shape index (κ3) is 2.95. The van der Waals surface area contributed by atoms with Crippen molar-refractivity contribution in [3.05, 3.63) is 24.0 Å². The summed E-state index contributed by atoms with van der Waals surface area (Å²) in [5.74, 6) is 2.78. The van der Waals surface area contributed by atoms with Gasteiger partial charge in [-0.25, -0.2) is 0 Å². The fourth-order valence-electron chi connectivity index (χ4n) is 2.79. The van der Waals surface area contributed by atoms with Crippen molar-refractivity contribution in [2.75, 3.05) is 7.11 Å². The zero-order valence-electron chi connectivity index (χ0n) is 11.5. The molecule has 2 aliphatic rings. The lowest BCUT2D eigenvalue weighted by atomic mass is 9.85. The van der Waals surface area contributed by atoms with Gasteiger partial charge in [-0.05, 0) is 42.7 Å². The number of methoxy groups -OCH3 is 1. The second-order valence-corrected chi connectivity index (χ2v) is 5.39. The Morgan fingerprint density at radius 3 is 2.94 bits per heavy atom. The number of hydrogen-bond donors (Lipinski definition) is 1. The SMILES string of the molecule is CCCC(=O)NC1CC1C1C=CC(OC)=CC1C. The smallest absolute Gasteiger partial charge is 0.220 e. The van der Waals surface area contributed by atoms with Crippen LogP contribution in [-0.2, 0) is 9.53 Å². The standard InChI is InChI=1S/C15H23NO2/c1-4-5-15(17)16-14-9-13(14)12-7-6-11(18-3)8-10(12)2/h6-8,10,12-14H,4-5,9H2,1-3H3,(H,16,17). The van der Waals surface area contributed by atoms with Crippen LogP contribution in [0.25, 0.3) is 0 Å². The van der Waals surface area contributed by atoms with Crippen LogP contribution in [0, 0.1) is 17.8 Å². The van der Waals surface area contributed by atoms with Crippen LogP contribution < -0.4 is 5.32 Å². The molecule has 0 bridgehead atoms. The van der Waals surface area contributed by atoms with Gasteiger partial charge in [0.1, 0.15) is 5.76 Å². The van der Waals surface area contributed by atoms with E-state index in [-0.39, 0.29) is 5.91 Å². The Morgan fingerprint density at radius 1 is 1.56 bits per heavy atom. The first-order valence-electron chi connectivity index (χ1n) is 6.89. The molecular weight excluding hydrogens is 226 g/mol. The van der Waals surface area contributed by atoms with Crippen molar-refractivity contribution in [3.8, 4) is 0 Å². The van der Waals surface area contributed by atoms with E-state index in [0.29, 0.717) is 30.2 Å². The number of ether oxygens (including phenoxy) is 1. The molecule has 2 aliphatic carbocycles. The van der Waals surface area contributed by atoms with Crippen molar-refractivity contribution in [2.45, 2.75) is 39.2 Å². The molecule has 0 heterocycles. The average molecular weight is 249 g/mol. The van der Waals surface area contributed by atoms with Crippen molar-refractivity contribution in [1.29, 1.82) is 0 Å². The van der Waals surface area contributed by atoms with Crippen LogP contribution in [0.5, 0.6) is 0 Å². The van der Waals surface area contributed by atoms with Crippen molar-refractivity contribution in [1.82, 2.24) is 5.32 Å². The molecule has 0 aromatic carbocycles. The van der Waals surface area contributed by atoms with Gasteiger partial charge in [0.2, 0.25) is 5.91 Å². The normalized spacial score (nSPS) is 33.8. The molecule has 0 aromatic heterocycles. The molecule has 100 valence electrons. The van der Waals surface area contributed by atoms with Gasteiger partial charge >= 0.3 is 0 Å². The van der Waals surface area contributed by atoms with Gasteiger partial charge in [-0.1, -0.05) is 19.9 Å². The highest BCUT2D eigenvalue weighted by molar-refractivity contribution is 5.76. The number of carbonyl (C=O) groups excluding carboxylic acids is 1. The van der Waals surface area contributed by atoms with Crippen LogP contribution in [0.4, 0.5) is 0 Å². The Kier molecular flexibility index (Phi) is 4.10. The molecule has 0 aromatic rings. The minimum Gasteiger partial charge on any atom is -0.497 e. The van der Waals surface area contributed by atoms with Crippen LogP contribution in [0.2, 0.25) is 0 Å². The highest BCUT2D eigenvalue weighted by Crippen LogP contribution is 2.44. The summed E-state index contributed by atoms with van der Waals surface area (Å²) in [6.45, 7) is 4.25. The molecule has 2 rings (SSSR count). The van der Waals surface area contributed by atoms with Gasteiger partial charge in [-0.3, -0.25) is 4.79 Å². The molecule has 4 atom stereocenters. The third-order valence-corrected chi connectivity index (χ3v) is 3.91. The Hall–Kier alpha value is -1.25. The molecule has 1 N–H and O–H groups in total. The van der Waals surface area contributed by atoms with Crippen molar-refractivity contribution < 1.29 is 9.53 Å². The lowest BCUT2D eigenvalue weighted by Crippen LogP contribution is -2.28. The minimum atomic E-state index is 0.200. The molecule has 18 heavy (non-hydrogen) atoms. The summed E-state index contributed by atoms with van der Waals surface area (Å²) in [4.78, 5) is 11.5. The van der Waals surface area contributed by atoms with Gasteiger partial charge in [0, 0.05) is 12.5 Å². The largest absolute Gasteiger partial charge is 0.497 e. The van der Waals surface area contributed by atoms with E-state index >= 15 is 0 Å². The maximum Gasteiger partial charge on any atom is 0.220 e. The Balaban J connectivity index is 1.84. The molecular formula is C15H23NO2. The van der Waals surface area contributed by atoms with Crippen LogP contribution in [0.3, 0.4) is 0 Å². The van der Waals surface area contributed by atoms with E-state index in [2.05, 4.69) is 24.4 Å². The molecule has 3 heteroatoms. The molecule has 3 nitrogen and oxygen atoms in total. The van der Waals surface area contributed by atoms with E-state index in [1.807, 2.05) is 13.0 Å². The summed E-state index contributed by atoms with van der Waals surface area (Å²) in [6, 6.07) is 0.388. The van der Waals surface area contributed by atoms with Crippen LogP contribution in [0.15, 0.2) is 24.0 Å². The first kappa shape index (κ1) is 13.2. The van der Waals surface area contributed by atoms with E-state index in [1.165, 1.54) is 0 Å². The number of amides is 1. The molecule has 0 saturated heterocycles. The monoisotopic (exact) mass is 249 g/mol. The zero-order chi connectivity index (χ0) is 13.1. The number of nitrogens with one attached hydrogen (secondary N) is 1. The maximum absolute atomic E-state index is 11.5. The molecule has 1 fully saturated rings. The summed E-state index contributed by atoms with van der Waals surface area (Å²) in [6.07, 6.45) is 9.14. The highest BCUT2D eigenvalue weighted by Gasteiger charge is 2.44. The van der Waals surface area contributed by atoms with Crippen LogP contribution >= 0.6 is 0 Å². The molecule has 1 saturated carbocycles. The number of hydrogen-bond acceptors (Lipinski definition) is 2. The fourth-order valence-corrected chi connectivity index (χ4v) is 2.79. The van der Waals surface area contributed by atoms with Gasteiger partial charge in [0.15, 0.2) is 0 Å². The quantitative estimate of drug-likeness (QED) is 0.813. The van der Waals surface area contributed by atoms with Crippen LogP contribution in [0.1, 0.15) is 33.1 Å². The van der Waals surface area contributed by atoms with E-state index in [1.54, 1.807) is 7.11 Å². The molecule has 0 aliphatic heterocycles. The predicted octanol–water partition coefficient (Wildman–Crippen LogP) is 2.64. The topological polar surface area (TPSA) is 38.3 Å². The molecule has 1 amide bonds. The third-order valence-electron chi connectivity index (χ3n) is 3.91. The van der Waals surface area contributed by atoms with Gasteiger partial charge < -0.3 is 10.1 Å². The number of allylic oxidation sites excluding steroid dienone is 3.